The van der Waals surface area contributed by atoms with Gasteiger partial charge in [0.05, 0.1) is 30.0 Å². The number of amides is 2. The maximum absolute atomic E-state index is 12.8. The van der Waals surface area contributed by atoms with Crippen LogP contribution in [-0.2, 0) is 21.4 Å². The summed E-state index contributed by atoms with van der Waals surface area (Å²) >= 11 is 7.40. The van der Waals surface area contributed by atoms with E-state index in [1.807, 2.05) is 6.07 Å². The highest BCUT2D eigenvalue weighted by Crippen LogP contribution is 2.25. The standard InChI is InChI=1S/C27H27ClN6O5S2/c1-33(2)41(37,38)23-13-7-18(8-14-23)26(36)29-16-24-31-32-27(34(24)21-6-4-5-19(28)15-21)40-17-25(35)30-20-9-11-22(39-3)12-10-20/h4-15H,16-17H2,1-3H3,(H,29,36)(H,30,35). The number of carbonyl (C=O) groups excluding carboxylic acids is 2. The lowest BCUT2D eigenvalue weighted by Gasteiger charge is -2.12. The third-order valence-electron chi connectivity index (χ3n) is 5.78. The highest BCUT2D eigenvalue weighted by molar-refractivity contribution is 7.99. The second-order valence-corrected chi connectivity index (χ2v) is 12.3. The minimum Gasteiger partial charge on any atom is -0.497 e. The number of methoxy groups -OCH3 is 1. The van der Waals surface area contributed by atoms with Gasteiger partial charge < -0.3 is 15.4 Å². The summed E-state index contributed by atoms with van der Waals surface area (Å²) in [7, 11) is 0.830. The first kappa shape index (κ1) is 30.1. The number of hydrogen-bond acceptors (Lipinski definition) is 8. The van der Waals surface area contributed by atoms with E-state index in [9.17, 15) is 18.0 Å². The summed E-state index contributed by atoms with van der Waals surface area (Å²) in [5.74, 6) is 0.480. The van der Waals surface area contributed by atoms with Gasteiger partial charge in [0.1, 0.15) is 5.75 Å². The number of nitrogens with one attached hydrogen (secondary N) is 2. The zero-order valence-electron chi connectivity index (χ0n) is 22.4. The number of rotatable bonds is 11. The van der Waals surface area contributed by atoms with Gasteiger partial charge in [0.2, 0.25) is 15.9 Å². The average molecular weight is 615 g/mol. The molecule has 0 fully saturated rings. The van der Waals surface area contributed by atoms with Crippen molar-refractivity contribution in [1.29, 1.82) is 0 Å². The van der Waals surface area contributed by atoms with Gasteiger partial charge in [-0.2, -0.15) is 0 Å². The Balaban J connectivity index is 1.48. The molecule has 14 heteroatoms. The Bertz CT molecular complexity index is 1640. The van der Waals surface area contributed by atoms with E-state index >= 15 is 0 Å². The number of sulfonamides is 1. The Labute approximate surface area is 246 Å². The largest absolute Gasteiger partial charge is 0.497 e. The van der Waals surface area contributed by atoms with E-state index < -0.39 is 15.9 Å². The van der Waals surface area contributed by atoms with Crippen molar-refractivity contribution in [3.63, 3.8) is 0 Å². The number of aromatic nitrogens is 3. The summed E-state index contributed by atoms with van der Waals surface area (Å²) in [6.07, 6.45) is 0. The predicted octanol–water partition coefficient (Wildman–Crippen LogP) is 3.84. The summed E-state index contributed by atoms with van der Waals surface area (Å²) in [5.41, 5.74) is 1.56. The van der Waals surface area contributed by atoms with Crippen LogP contribution in [0, 0.1) is 0 Å². The minimum absolute atomic E-state index is 0.00863. The van der Waals surface area contributed by atoms with Crippen LogP contribution in [-0.4, -0.2) is 66.3 Å². The molecule has 0 aliphatic carbocycles. The summed E-state index contributed by atoms with van der Waals surface area (Å²) in [6, 6.07) is 19.7. The number of halogens is 1. The third kappa shape index (κ3) is 7.44. The number of thioether (sulfide) groups is 1. The first-order valence-electron chi connectivity index (χ1n) is 12.2. The van der Waals surface area contributed by atoms with Gasteiger partial charge in [-0.1, -0.05) is 29.4 Å². The Morgan fingerprint density at radius 2 is 1.73 bits per heavy atom. The van der Waals surface area contributed by atoms with Gasteiger partial charge in [0.25, 0.3) is 5.91 Å². The van der Waals surface area contributed by atoms with Gasteiger partial charge in [0.15, 0.2) is 11.0 Å². The fourth-order valence-electron chi connectivity index (χ4n) is 3.63. The van der Waals surface area contributed by atoms with Gasteiger partial charge in [0, 0.05) is 30.4 Å². The summed E-state index contributed by atoms with van der Waals surface area (Å²) in [5, 5.41) is 15.0. The number of carbonyl (C=O) groups is 2. The SMILES string of the molecule is COc1ccc(NC(=O)CSc2nnc(CNC(=O)c3ccc(S(=O)(=O)N(C)C)cc3)n2-c2cccc(Cl)c2)cc1. The molecular weight excluding hydrogens is 588 g/mol. The molecule has 11 nitrogen and oxygen atoms in total. The lowest BCUT2D eigenvalue weighted by molar-refractivity contribution is -0.113. The van der Waals surface area contributed by atoms with Crippen LogP contribution in [0.2, 0.25) is 5.02 Å². The highest BCUT2D eigenvalue weighted by atomic mass is 35.5. The van der Waals surface area contributed by atoms with Crippen molar-refractivity contribution < 1.29 is 22.7 Å². The Morgan fingerprint density at radius 1 is 1.02 bits per heavy atom. The van der Waals surface area contributed by atoms with Gasteiger partial charge in [-0.25, -0.2) is 12.7 Å². The summed E-state index contributed by atoms with van der Waals surface area (Å²) in [6.45, 7) is 0.00863. The molecule has 3 aromatic carbocycles. The molecule has 0 saturated heterocycles. The van der Waals surface area contributed by atoms with E-state index in [0.29, 0.717) is 33.1 Å². The molecule has 0 unspecified atom stereocenters. The molecule has 0 atom stereocenters. The first-order valence-corrected chi connectivity index (χ1v) is 15.0. The van der Waals surface area contributed by atoms with E-state index in [4.69, 9.17) is 16.3 Å². The number of nitrogens with zero attached hydrogens (tertiary/aromatic N) is 4. The van der Waals surface area contributed by atoms with Crippen molar-refractivity contribution in [2.75, 3.05) is 32.3 Å². The number of ether oxygens (including phenoxy) is 1. The molecule has 1 aromatic heterocycles. The fourth-order valence-corrected chi connectivity index (χ4v) is 5.49. The van der Waals surface area contributed by atoms with Crippen LogP contribution >= 0.6 is 23.4 Å². The van der Waals surface area contributed by atoms with E-state index in [0.717, 1.165) is 4.31 Å². The van der Waals surface area contributed by atoms with Gasteiger partial charge in [-0.05, 0) is 66.7 Å². The molecule has 0 aliphatic heterocycles. The highest BCUT2D eigenvalue weighted by Gasteiger charge is 2.19. The van der Waals surface area contributed by atoms with E-state index in [2.05, 4.69) is 20.8 Å². The maximum atomic E-state index is 12.8. The fraction of sp³-hybridized carbons (Fsp3) is 0.185. The zero-order chi connectivity index (χ0) is 29.6. The summed E-state index contributed by atoms with van der Waals surface area (Å²) < 4.78 is 32.5. The van der Waals surface area contributed by atoms with Crippen LogP contribution in [0.3, 0.4) is 0 Å². The number of hydrogen-bond donors (Lipinski definition) is 2. The Kier molecular flexibility index (Phi) is 9.65. The lowest BCUT2D eigenvalue weighted by Crippen LogP contribution is -2.25. The molecule has 2 amide bonds. The normalized spacial score (nSPS) is 11.3. The smallest absolute Gasteiger partial charge is 0.251 e. The van der Waals surface area contributed by atoms with Crippen LogP contribution in [0.5, 0.6) is 5.75 Å². The monoisotopic (exact) mass is 614 g/mol. The topological polar surface area (TPSA) is 136 Å². The molecule has 0 saturated carbocycles. The molecule has 0 bridgehead atoms. The van der Waals surface area contributed by atoms with Crippen LogP contribution in [0.1, 0.15) is 16.2 Å². The van der Waals surface area contributed by atoms with E-state index in [1.165, 1.54) is 50.1 Å². The predicted molar refractivity (Wildman–Crippen MR) is 157 cm³/mol. The van der Waals surface area contributed by atoms with Crippen LogP contribution in [0.25, 0.3) is 5.69 Å². The minimum atomic E-state index is -3.61. The van der Waals surface area contributed by atoms with Crippen LogP contribution < -0.4 is 15.4 Å². The summed E-state index contributed by atoms with van der Waals surface area (Å²) in [4.78, 5) is 25.5. The number of benzene rings is 3. The molecule has 4 aromatic rings. The molecular formula is C27H27ClN6O5S2. The molecule has 1 heterocycles. The molecule has 214 valence electrons. The average Bonchev–Trinajstić information content (AvgIpc) is 3.38. The van der Waals surface area contributed by atoms with Crippen molar-refractivity contribution in [1.82, 2.24) is 24.4 Å². The second kappa shape index (κ2) is 13.2. The van der Waals surface area contributed by atoms with Gasteiger partial charge >= 0.3 is 0 Å². The van der Waals surface area contributed by atoms with Crippen molar-refractivity contribution in [2.24, 2.45) is 0 Å². The molecule has 0 radical (unpaired) electrons. The number of anilines is 1. The Hall–Kier alpha value is -3.91. The van der Waals surface area contributed by atoms with E-state index in [-0.39, 0.29) is 28.7 Å². The van der Waals surface area contributed by atoms with Crippen molar-refractivity contribution in [3.05, 3.63) is 89.2 Å². The lowest BCUT2D eigenvalue weighted by atomic mass is 10.2. The van der Waals surface area contributed by atoms with Crippen molar-refractivity contribution in [2.45, 2.75) is 16.6 Å². The first-order chi connectivity index (χ1) is 19.6. The van der Waals surface area contributed by atoms with Crippen LogP contribution in [0.4, 0.5) is 5.69 Å². The molecule has 4 rings (SSSR count). The maximum Gasteiger partial charge on any atom is 0.251 e. The molecule has 41 heavy (non-hydrogen) atoms. The quantitative estimate of drug-likeness (QED) is 0.243. The molecule has 2 N–H and O–H groups in total. The molecule has 0 aliphatic rings. The Morgan fingerprint density at radius 3 is 2.37 bits per heavy atom. The molecule has 0 spiro atoms. The third-order valence-corrected chi connectivity index (χ3v) is 8.77. The van der Waals surface area contributed by atoms with E-state index in [1.54, 1.807) is 54.1 Å². The van der Waals surface area contributed by atoms with Gasteiger partial charge in [-0.15, -0.1) is 10.2 Å². The zero-order valence-corrected chi connectivity index (χ0v) is 24.8. The van der Waals surface area contributed by atoms with Crippen molar-refractivity contribution in [3.8, 4) is 11.4 Å². The van der Waals surface area contributed by atoms with Gasteiger partial charge in [-0.3, -0.25) is 14.2 Å². The van der Waals surface area contributed by atoms with Crippen LogP contribution in [0.15, 0.2) is 82.8 Å². The second-order valence-electron chi connectivity index (χ2n) is 8.77. The van der Waals surface area contributed by atoms with Crippen molar-refractivity contribution >= 4 is 50.9 Å².